The normalized spacial score (nSPS) is 10.9. The highest BCUT2D eigenvalue weighted by molar-refractivity contribution is 6.62. The van der Waals surface area contributed by atoms with Crippen molar-refractivity contribution in [2.45, 2.75) is 26.7 Å². The minimum atomic E-state index is -1.92. The molecule has 0 aliphatic carbocycles. The number of aromatic hydroxyl groups is 1. The van der Waals surface area contributed by atoms with Gasteiger partial charge < -0.3 is 14.0 Å². The largest absolute Gasteiger partial charge is 0.508 e. The molecule has 1 N–H and O–H groups in total. The summed E-state index contributed by atoms with van der Waals surface area (Å²) in [7, 11) is -1.92. The number of hydrogen-bond acceptors (Lipinski definition) is 3. The number of para-hydroxylation sites is 1. The first-order valence-corrected chi connectivity index (χ1v) is 7.32. The fraction of sp³-hybridized carbons (Fsp3) is 0.500. The molecule has 16 heavy (non-hydrogen) atoms. The number of hydrogen-bond donors (Lipinski definition) is 1. The molecule has 0 fully saturated rings. The van der Waals surface area contributed by atoms with Crippen LogP contribution in [0.5, 0.6) is 5.75 Å². The lowest BCUT2D eigenvalue weighted by molar-refractivity contribution is 0.207. The van der Waals surface area contributed by atoms with Crippen molar-refractivity contribution in [3.05, 3.63) is 24.3 Å². The van der Waals surface area contributed by atoms with Crippen molar-refractivity contribution in [3.8, 4) is 5.75 Å². The lowest BCUT2D eigenvalue weighted by Crippen LogP contribution is -2.37. The molecular formula is C12H20O3Si. The summed E-state index contributed by atoms with van der Waals surface area (Å²) in [5, 5.41) is 10.6. The fourth-order valence-electron chi connectivity index (χ4n) is 1.36. The van der Waals surface area contributed by atoms with Crippen molar-refractivity contribution >= 4 is 14.5 Å². The van der Waals surface area contributed by atoms with Crippen LogP contribution in [-0.2, 0) is 8.85 Å². The van der Waals surface area contributed by atoms with Gasteiger partial charge in [-0.1, -0.05) is 32.0 Å². The molecule has 3 nitrogen and oxygen atoms in total. The van der Waals surface area contributed by atoms with Crippen LogP contribution in [0.3, 0.4) is 0 Å². The first-order valence-electron chi connectivity index (χ1n) is 5.80. The molecule has 0 aromatic heterocycles. The van der Waals surface area contributed by atoms with Crippen LogP contribution in [0.4, 0.5) is 0 Å². The SMILES string of the molecule is CCCO[SiH](OCCC)c1ccccc1O. The quantitative estimate of drug-likeness (QED) is 0.737. The van der Waals surface area contributed by atoms with Gasteiger partial charge in [-0.3, -0.25) is 0 Å². The van der Waals surface area contributed by atoms with Gasteiger partial charge in [-0.15, -0.1) is 0 Å². The van der Waals surface area contributed by atoms with Crippen LogP contribution in [0, 0.1) is 0 Å². The van der Waals surface area contributed by atoms with Crippen molar-refractivity contribution in [2.24, 2.45) is 0 Å². The zero-order valence-corrected chi connectivity index (χ0v) is 11.1. The Morgan fingerprint density at radius 2 is 1.62 bits per heavy atom. The van der Waals surface area contributed by atoms with Crippen molar-refractivity contribution in [3.63, 3.8) is 0 Å². The highest BCUT2D eigenvalue weighted by Crippen LogP contribution is 2.07. The Morgan fingerprint density at radius 1 is 1.06 bits per heavy atom. The molecule has 1 aromatic rings. The predicted octanol–water partition coefficient (Wildman–Crippen LogP) is 1.67. The molecule has 0 amide bonds. The van der Waals surface area contributed by atoms with Gasteiger partial charge in [0.05, 0.1) is 0 Å². The number of rotatable bonds is 7. The summed E-state index contributed by atoms with van der Waals surface area (Å²) in [6.45, 7) is 5.51. The van der Waals surface area contributed by atoms with E-state index in [1.807, 2.05) is 18.2 Å². The Bertz CT molecular complexity index is 296. The zero-order chi connectivity index (χ0) is 11.8. The van der Waals surface area contributed by atoms with E-state index in [1.54, 1.807) is 6.07 Å². The predicted molar refractivity (Wildman–Crippen MR) is 67.4 cm³/mol. The van der Waals surface area contributed by atoms with Gasteiger partial charge in [-0.25, -0.2) is 0 Å². The first kappa shape index (κ1) is 13.2. The number of phenols is 1. The number of benzene rings is 1. The minimum absolute atomic E-state index is 0.284. The first-order chi connectivity index (χ1) is 7.79. The van der Waals surface area contributed by atoms with Crippen LogP contribution in [0.15, 0.2) is 24.3 Å². The van der Waals surface area contributed by atoms with Gasteiger partial charge in [0.25, 0.3) is 0 Å². The lowest BCUT2D eigenvalue weighted by atomic mass is 10.3. The summed E-state index contributed by atoms with van der Waals surface area (Å²) < 4.78 is 11.4. The van der Waals surface area contributed by atoms with Gasteiger partial charge in [0, 0.05) is 18.4 Å². The van der Waals surface area contributed by atoms with Crippen LogP contribution in [-0.4, -0.2) is 27.6 Å². The Morgan fingerprint density at radius 3 is 2.12 bits per heavy atom. The molecule has 0 unspecified atom stereocenters. The van der Waals surface area contributed by atoms with Gasteiger partial charge in [0.1, 0.15) is 5.75 Å². The Kier molecular flexibility index (Phi) is 6.14. The van der Waals surface area contributed by atoms with Crippen molar-refractivity contribution < 1.29 is 14.0 Å². The Balaban J connectivity index is 2.70. The Labute approximate surface area is 98.9 Å². The maximum Gasteiger partial charge on any atom is 0.359 e. The van der Waals surface area contributed by atoms with E-state index in [2.05, 4.69) is 13.8 Å². The maximum absolute atomic E-state index is 9.75. The molecule has 1 rings (SSSR count). The highest BCUT2D eigenvalue weighted by Gasteiger charge is 2.19. The maximum atomic E-state index is 9.75. The molecule has 0 saturated carbocycles. The van der Waals surface area contributed by atoms with E-state index in [0.717, 1.165) is 18.0 Å². The Hall–Kier alpha value is -0.843. The summed E-state index contributed by atoms with van der Waals surface area (Å²) in [6.07, 6.45) is 1.93. The zero-order valence-electron chi connectivity index (χ0n) is 9.98. The van der Waals surface area contributed by atoms with E-state index in [-0.39, 0.29) is 5.75 Å². The van der Waals surface area contributed by atoms with Gasteiger partial charge in [-0.2, -0.15) is 0 Å². The monoisotopic (exact) mass is 240 g/mol. The third kappa shape index (κ3) is 3.96. The lowest BCUT2D eigenvalue weighted by Gasteiger charge is -2.17. The van der Waals surface area contributed by atoms with E-state index in [9.17, 15) is 5.11 Å². The molecule has 0 aliphatic rings. The third-order valence-electron chi connectivity index (χ3n) is 2.14. The van der Waals surface area contributed by atoms with Gasteiger partial charge in [-0.05, 0) is 18.9 Å². The molecule has 0 aliphatic heterocycles. The van der Waals surface area contributed by atoms with Gasteiger partial charge in [0.2, 0.25) is 0 Å². The molecule has 0 spiro atoms. The molecule has 0 radical (unpaired) electrons. The van der Waals surface area contributed by atoms with Crippen LogP contribution < -0.4 is 5.19 Å². The fourth-order valence-corrected chi connectivity index (χ4v) is 3.33. The summed E-state index contributed by atoms with van der Waals surface area (Å²) in [5.41, 5.74) is 0. The second-order valence-electron chi connectivity index (χ2n) is 3.63. The van der Waals surface area contributed by atoms with Crippen molar-refractivity contribution in [1.82, 2.24) is 0 Å². The van der Waals surface area contributed by atoms with Crippen LogP contribution in [0.25, 0.3) is 0 Å². The van der Waals surface area contributed by atoms with E-state index in [0.29, 0.717) is 13.2 Å². The smallest absolute Gasteiger partial charge is 0.359 e. The third-order valence-corrected chi connectivity index (χ3v) is 4.21. The van der Waals surface area contributed by atoms with Gasteiger partial charge in [0.15, 0.2) is 0 Å². The summed E-state index contributed by atoms with van der Waals surface area (Å²) in [6, 6.07) is 7.28. The second kappa shape index (κ2) is 7.43. The molecule has 90 valence electrons. The van der Waals surface area contributed by atoms with E-state index in [4.69, 9.17) is 8.85 Å². The minimum Gasteiger partial charge on any atom is -0.508 e. The van der Waals surface area contributed by atoms with E-state index in [1.165, 1.54) is 0 Å². The molecule has 0 atom stereocenters. The van der Waals surface area contributed by atoms with E-state index >= 15 is 0 Å². The topological polar surface area (TPSA) is 38.7 Å². The standard InChI is InChI=1S/C12H20O3Si/c1-3-9-14-16(15-10-4-2)12-8-6-5-7-11(12)13/h5-8,13,16H,3-4,9-10H2,1-2H3. The molecular weight excluding hydrogens is 220 g/mol. The highest BCUT2D eigenvalue weighted by atomic mass is 28.3. The molecule has 4 heteroatoms. The average Bonchev–Trinajstić information content (AvgIpc) is 2.31. The van der Waals surface area contributed by atoms with Crippen LogP contribution in [0.2, 0.25) is 0 Å². The average molecular weight is 240 g/mol. The summed E-state index contributed by atoms with van der Waals surface area (Å²) >= 11 is 0. The van der Waals surface area contributed by atoms with Crippen LogP contribution in [0.1, 0.15) is 26.7 Å². The molecule has 0 heterocycles. The molecule has 1 aromatic carbocycles. The van der Waals surface area contributed by atoms with Gasteiger partial charge >= 0.3 is 9.28 Å². The van der Waals surface area contributed by atoms with Crippen LogP contribution >= 0.6 is 0 Å². The molecule has 0 saturated heterocycles. The summed E-state index contributed by atoms with van der Waals surface area (Å²) in [5.74, 6) is 0.284. The second-order valence-corrected chi connectivity index (χ2v) is 5.58. The summed E-state index contributed by atoms with van der Waals surface area (Å²) in [4.78, 5) is 0. The van der Waals surface area contributed by atoms with Crippen molar-refractivity contribution in [2.75, 3.05) is 13.2 Å². The van der Waals surface area contributed by atoms with E-state index < -0.39 is 9.28 Å². The number of phenolic OH excluding ortho intramolecular Hbond substituents is 1. The van der Waals surface area contributed by atoms with Crippen molar-refractivity contribution in [1.29, 1.82) is 0 Å². The molecule has 0 bridgehead atoms.